The van der Waals surface area contributed by atoms with Crippen molar-refractivity contribution in [2.75, 3.05) is 0 Å². The number of hydrogen-bond donors (Lipinski definition) is 0. The molecule has 0 fully saturated rings. The average Bonchev–Trinajstić information content (AvgIpc) is 2.24. The molecular formula is C16H34. The normalized spacial score (nSPS) is 15.4. The largest absolute Gasteiger partial charge is 0.0654 e. The summed E-state index contributed by atoms with van der Waals surface area (Å²) >= 11 is 0. The predicted molar refractivity (Wildman–Crippen MR) is 75.8 cm³/mol. The van der Waals surface area contributed by atoms with Gasteiger partial charge < -0.3 is 0 Å². The first-order chi connectivity index (χ1) is 7.60. The smallest absolute Gasteiger partial charge is 0.0414 e. The highest BCUT2D eigenvalue weighted by molar-refractivity contribution is 4.64. The van der Waals surface area contributed by atoms with Crippen LogP contribution in [-0.4, -0.2) is 0 Å². The summed E-state index contributed by atoms with van der Waals surface area (Å²) in [6.07, 6.45) is 11.4. The lowest BCUT2D eigenvalue weighted by atomic mass is 9.86. The molecule has 0 aliphatic rings. The van der Waals surface area contributed by atoms with Crippen LogP contribution in [0, 0.1) is 17.8 Å². The second-order valence-corrected chi connectivity index (χ2v) is 6.08. The molecule has 98 valence electrons. The summed E-state index contributed by atoms with van der Waals surface area (Å²) in [7, 11) is 0. The van der Waals surface area contributed by atoms with Gasteiger partial charge in [-0.3, -0.25) is 0 Å². The maximum atomic E-state index is 2.45. The van der Waals surface area contributed by atoms with Crippen molar-refractivity contribution in [2.45, 2.75) is 86.0 Å². The van der Waals surface area contributed by atoms with Crippen LogP contribution >= 0.6 is 0 Å². The van der Waals surface area contributed by atoms with Crippen LogP contribution in [0.1, 0.15) is 86.0 Å². The molecule has 0 amide bonds. The van der Waals surface area contributed by atoms with E-state index >= 15 is 0 Å². The monoisotopic (exact) mass is 226 g/mol. The van der Waals surface area contributed by atoms with Gasteiger partial charge in [0, 0.05) is 0 Å². The number of unbranched alkanes of at least 4 members (excludes halogenated alkanes) is 2. The summed E-state index contributed by atoms with van der Waals surface area (Å²) in [4.78, 5) is 0. The van der Waals surface area contributed by atoms with Gasteiger partial charge in [-0.15, -0.1) is 0 Å². The Morgan fingerprint density at radius 1 is 0.812 bits per heavy atom. The molecule has 2 atom stereocenters. The second kappa shape index (κ2) is 10.2. The highest BCUT2D eigenvalue weighted by atomic mass is 14.2. The molecule has 0 aromatic rings. The molecule has 16 heavy (non-hydrogen) atoms. The highest BCUT2D eigenvalue weighted by Gasteiger charge is 2.11. The molecule has 0 aromatic heterocycles. The molecule has 0 radical (unpaired) electrons. The molecule has 0 bridgehead atoms. The zero-order valence-electron chi connectivity index (χ0n) is 12.4. The summed E-state index contributed by atoms with van der Waals surface area (Å²) in [5, 5.41) is 0. The minimum absolute atomic E-state index is 0.879. The summed E-state index contributed by atoms with van der Waals surface area (Å²) in [5.74, 6) is 2.81. The van der Waals surface area contributed by atoms with Crippen LogP contribution < -0.4 is 0 Å². The number of rotatable bonds is 10. The fraction of sp³-hybridized carbons (Fsp3) is 1.00. The third-order valence-corrected chi connectivity index (χ3v) is 3.77. The van der Waals surface area contributed by atoms with Gasteiger partial charge in [-0.1, -0.05) is 79.6 Å². The van der Waals surface area contributed by atoms with Crippen LogP contribution in [0.5, 0.6) is 0 Å². The minimum Gasteiger partial charge on any atom is -0.0654 e. The molecule has 0 rings (SSSR count). The average molecular weight is 226 g/mol. The van der Waals surface area contributed by atoms with Gasteiger partial charge in [0.25, 0.3) is 0 Å². The lowest BCUT2D eigenvalue weighted by molar-refractivity contribution is 0.321. The molecule has 0 aliphatic carbocycles. The fourth-order valence-corrected chi connectivity index (χ4v) is 2.49. The van der Waals surface area contributed by atoms with Gasteiger partial charge in [-0.2, -0.15) is 0 Å². The zero-order chi connectivity index (χ0) is 12.4. The standard InChI is InChI=1S/C16H34/c1-6-8-9-10-15(5)13-16(7-2)12-11-14(3)4/h14-16H,6-13H2,1-5H3. The van der Waals surface area contributed by atoms with Crippen molar-refractivity contribution in [1.29, 1.82) is 0 Å². The van der Waals surface area contributed by atoms with Crippen LogP contribution in [0.4, 0.5) is 0 Å². The van der Waals surface area contributed by atoms with Crippen molar-refractivity contribution in [1.82, 2.24) is 0 Å². The maximum absolute atomic E-state index is 2.45. The summed E-state index contributed by atoms with van der Waals surface area (Å²) in [6.45, 7) is 11.8. The molecule has 0 saturated carbocycles. The Kier molecular flexibility index (Phi) is 10.2. The minimum atomic E-state index is 0.879. The molecule has 0 saturated heterocycles. The third-order valence-electron chi connectivity index (χ3n) is 3.77. The topological polar surface area (TPSA) is 0 Å². The molecule has 2 unspecified atom stereocenters. The van der Waals surface area contributed by atoms with Crippen LogP contribution in [0.25, 0.3) is 0 Å². The lowest BCUT2D eigenvalue weighted by Gasteiger charge is -2.20. The predicted octanol–water partition coefficient (Wildman–Crippen LogP) is 6.06. The molecule has 0 heterocycles. The Morgan fingerprint density at radius 2 is 1.50 bits per heavy atom. The molecular weight excluding hydrogens is 192 g/mol. The van der Waals surface area contributed by atoms with E-state index in [1.54, 1.807) is 0 Å². The van der Waals surface area contributed by atoms with Crippen LogP contribution in [0.2, 0.25) is 0 Å². The van der Waals surface area contributed by atoms with Gasteiger partial charge in [0.2, 0.25) is 0 Å². The van der Waals surface area contributed by atoms with Gasteiger partial charge in [0.05, 0.1) is 0 Å². The third kappa shape index (κ3) is 9.24. The van der Waals surface area contributed by atoms with E-state index in [-0.39, 0.29) is 0 Å². The van der Waals surface area contributed by atoms with Crippen molar-refractivity contribution in [3.63, 3.8) is 0 Å². The van der Waals surface area contributed by atoms with E-state index in [2.05, 4.69) is 34.6 Å². The molecule has 0 aromatic carbocycles. The molecule has 0 spiro atoms. The summed E-state index contributed by atoms with van der Waals surface area (Å²) < 4.78 is 0. The first kappa shape index (κ1) is 16.0. The second-order valence-electron chi connectivity index (χ2n) is 6.08. The van der Waals surface area contributed by atoms with E-state index in [4.69, 9.17) is 0 Å². The fourth-order valence-electron chi connectivity index (χ4n) is 2.49. The van der Waals surface area contributed by atoms with Crippen LogP contribution in [0.3, 0.4) is 0 Å². The maximum Gasteiger partial charge on any atom is -0.0414 e. The van der Waals surface area contributed by atoms with Gasteiger partial charge >= 0.3 is 0 Å². The van der Waals surface area contributed by atoms with Crippen molar-refractivity contribution in [2.24, 2.45) is 17.8 Å². The first-order valence-corrected chi connectivity index (χ1v) is 7.60. The van der Waals surface area contributed by atoms with Gasteiger partial charge in [0.1, 0.15) is 0 Å². The van der Waals surface area contributed by atoms with E-state index < -0.39 is 0 Å². The molecule has 0 aliphatic heterocycles. The Bertz CT molecular complexity index is 137. The van der Waals surface area contributed by atoms with Gasteiger partial charge in [-0.25, -0.2) is 0 Å². The molecule has 0 N–H and O–H groups in total. The lowest BCUT2D eigenvalue weighted by Crippen LogP contribution is -2.07. The van der Waals surface area contributed by atoms with E-state index in [0.29, 0.717) is 0 Å². The van der Waals surface area contributed by atoms with Gasteiger partial charge in [-0.05, 0) is 24.2 Å². The number of hydrogen-bond acceptors (Lipinski definition) is 0. The van der Waals surface area contributed by atoms with E-state index in [9.17, 15) is 0 Å². The van der Waals surface area contributed by atoms with Crippen LogP contribution in [-0.2, 0) is 0 Å². The van der Waals surface area contributed by atoms with E-state index in [1.807, 2.05) is 0 Å². The van der Waals surface area contributed by atoms with Crippen molar-refractivity contribution in [3.05, 3.63) is 0 Å². The SMILES string of the molecule is CCCCCC(C)CC(CC)CCC(C)C. The Morgan fingerprint density at radius 3 is 2.00 bits per heavy atom. The quantitative estimate of drug-likeness (QED) is 0.397. The molecule has 0 heteroatoms. The van der Waals surface area contributed by atoms with Crippen molar-refractivity contribution < 1.29 is 0 Å². The Balaban J connectivity index is 3.65. The first-order valence-electron chi connectivity index (χ1n) is 7.60. The Hall–Kier alpha value is 0. The van der Waals surface area contributed by atoms with Crippen molar-refractivity contribution >= 4 is 0 Å². The summed E-state index contributed by atoms with van der Waals surface area (Å²) in [5.41, 5.74) is 0. The molecule has 0 nitrogen and oxygen atoms in total. The zero-order valence-corrected chi connectivity index (χ0v) is 12.4. The van der Waals surface area contributed by atoms with Gasteiger partial charge in [0.15, 0.2) is 0 Å². The van der Waals surface area contributed by atoms with E-state index in [0.717, 1.165) is 17.8 Å². The van der Waals surface area contributed by atoms with E-state index in [1.165, 1.54) is 51.4 Å². The van der Waals surface area contributed by atoms with Crippen molar-refractivity contribution in [3.8, 4) is 0 Å². The Labute approximate surface area is 104 Å². The summed E-state index contributed by atoms with van der Waals surface area (Å²) in [6, 6.07) is 0. The highest BCUT2D eigenvalue weighted by Crippen LogP contribution is 2.25. The van der Waals surface area contributed by atoms with Crippen LogP contribution in [0.15, 0.2) is 0 Å².